The van der Waals surface area contributed by atoms with Crippen molar-refractivity contribution in [3.8, 4) is 0 Å². The minimum Gasteiger partial charge on any atom is -0.444 e. The molecule has 1 aromatic carbocycles. The molecule has 0 bridgehead atoms. The fourth-order valence-corrected chi connectivity index (χ4v) is 4.26. The van der Waals surface area contributed by atoms with Crippen LogP contribution in [0.25, 0.3) is 0 Å². The summed E-state index contributed by atoms with van der Waals surface area (Å²) in [5.41, 5.74) is 0.649. The van der Waals surface area contributed by atoms with Crippen molar-refractivity contribution in [1.82, 2.24) is 15.1 Å². The Morgan fingerprint density at radius 1 is 1.03 bits per heavy atom. The molecule has 0 aromatic heterocycles. The maximum atomic E-state index is 12.6. The summed E-state index contributed by atoms with van der Waals surface area (Å²) in [6.45, 7) is 10.1. The summed E-state index contributed by atoms with van der Waals surface area (Å²) in [4.78, 5) is 28.9. The summed E-state index contributed by atoms with van der Waals surface area (Å²) < 4.78 is 5.34. The maximum Gasteiger partial charge on any atom is 0.407 e. The van der Waals surface area contributed by atoms with Crippen LogP contribution in [0.4, 0.5) is 10.5 Å². The van der Waals surface area contributed by atoms with E-state index in [1.165, 1.54) is 0 Å². The van der Waals surface area contributed by atoms with Crippen molar-refractivity contribution in [2.45, 2.75) is 70.6 Å². The van der Waals surface area contributed by atoms with Crippen molar-refractivity contribution in [1.29, 1.82) is 0 Å². The molecule has 31 heavy (non-hydrogen) atoms. The van der Waals surface area contributed by atoms with E-state index in [2.05, 4.69) is 27.7 Å². The predicted octanol–water partition coefficient (Wildman–Crippen LogP) is 3.47. The highest BCUT2D eigenvalue weighted by Gasteiger charge is 2.27. The molecule has 2 fully saturated rings. The summed E-state index contributed by atoms with van der Waals surface area (Å²) in [5.74, 6) is 0.263. The van der Waals surface area contributed by atoms with Crippen molar-refractivity contribution >= 4 is 17.7 Å². The lowest BCUT2D eigenvalue weighted by atomic mass is 10.0. The van der Waals surface area contributed by atoms with E-state index < -0.39 is 5.60 Å². The number of para-hydroxylation sites is 1. The molecule has 172 valence electrons. The number of likely N-dealkylation sites (tertiary alicyclic amines) is 2. The number of carbonyl (C=O) groups is 2. The van der Waals surface area contributed by atoms with Gasteiger partial charge < -0.3 is 25.2 Å². The van der Waals surface area contributed by atoms with Gasteiger partial charge in [0.15, 0.2) is 0 Å². The summed E-state index contributed by atoms with van der Waals surface area (Å²) >= 11 is 0. The highest BCUT2D eigenvalue weighted by molar-refractivity contribution is 5.76. The minimum atomic E-state index is -0.468. The Morgan fingerprint density at radius 3 is 2.39 bits per heavy atom. The van der Waals surface area contributed by atoms with E-state index in [0.29, 0.717) is 12.5 Å². The number of hydrogen-bond acceptors (Lipinski definition) is 5. The first-order valence-corrected chi connectivity index (χ1v) is 11.6. The van der Waals surface area contributed by atoms with Crippen LogP contribution in [-0.4, -0.2) is 72.2 Å². The molecule has 2 aliphatic heterocycles. The minimum absolute atomic E-state index is 0.173. The monoisotopic (exact) mass is 430 g/mol. The topological polar surface area (TPSA) is 73.9 Å². The van der Waals surface area contributed by atoms with Crippen LogP contribution >= 0.6 is 0 Å². The van der Waals surface area contributed by atoms with Gasteiger partial charge in [0.05, 0.1) is 0 Å². The van der Waals surface area contributed by atoms with Gasteiger partial charge in [-0.25, -0.2) is 4.79 Å². The van der Waals surface area contributed by atoms with Gasteiger partial charge in [-0.15, -0.1) is 0 Å². The van der Waals surface area contributed by atoms with Crippen molar-refractivity contribution < 1.29 is 14.3 Å². The van der Waals surface area contributed by atoms with E-state index in [-0.39, 0.29) is 18.0 Å². The zero-order chi connectivity index (χ0) is 22.3. The Balaban J connectivity index is 1.28. The average molecular weight is 431 g/mol. The summed E-state index contributed by atoms with van der Waals surface area (Å²) in [5, 5.41) is 6.50. The van der Waals surface area contributed by atoms with E-state index in [0.717, 1.165) is 64.1 Å². The van der Waals surface area contributed by atoms with Crippen LogP contribution in [0.2, 0.25) is 0 Å². The second-order valence-electron chi connectivity index (χ2n) is 9.70. The number of nitrogens with one attached hydrogen (secondary N) is 2. The second-order valence-corrected chi connectivity index (χ2v) is 9.70. The molecule has 0 spiro atoms. The number of hydrogen-bond donors (Lipinski definition) is 2. The normalized spacial score (nSPS) is 20.5. The van der Waals surface area contributed by atoms with Crippen LogP contribution in [0.15, 0.2) is 30.3 Å². The number of nitrogens with zero attached hydrogens (tertiary/aromatic N) is 2. The highest BCUT2D eigenvalue weighted by atomic mass is 16.6. The Morgan fingerprint density at radius 2 is 1.71 bits per heavy atom. The first-order valence-electron chi connectivity index (χ1n) is 11.6. The molecule has 0 saturated carbocycles. The summed E-state index contributed by atoms with van der Waals surface area (Å²) in [7, 11) is 0. The predicted molar refractivity (Wildman–Crippen MR) is 123 cm³/mol. The first-order chi connectivity index (χ1) is 14.8. The molecule has 2 N–H and O–H groups in total. The highest BCUT2D eigenvalue weighted by Crippen LogP contribution is 2.17. The van der Waals surface area contributed by atoms with Crippen LogP contribution < -0.4 is 10.6 Å². The second kappa shape index (κ2) is 10.8. The Labute approximate surface area is 186 Å². The third kappa shape index (κ3) is 8.05. The van der Waals surface area contributed by atoms with E-state index in [4.69, 9.17) is 4.74 Å². The number of benzene rings is 1. The quantitative estimate of drug-likeness (QED) is 0.693. The number of amides is 2. The van der Waals surface area contributed by atoms with E-state index in [9.17, 15) is 9.59 Å². The van der Waals surface area contributed by atoms with E-state index in [1.54, 1.807) is 0 Å². The Kier molecular flexibility index (Phi) is 8.18. The SMILES string of the molecule is CC(C)(C)OC(=O)NC1CCN(CCCC(=O)N2CC[C@H](Nc3ccccc3)C2)CC1. The smallest absolute Gasteiger partial charge is 0.407 e. The lowest BCUT2D eigenvalue weighted by Crippen LogP contribution is -2.46. The van der Waals surface area contributed by atoms with Crippen molar-refractivity contribution in [3.05, 3.63) is 30.3 Å². The molecule has 2 heterocycles. The largest absolute Gasteiger partial charge is 0.444 e. The van der Waals surface area contributed by atoms with Crippen LogP contribution in [0.5, 0.6) is 0 Å². The van der Waals surface area contributed by atoms with Gasteiger partial charge in [-0.2, -0.15) is 0 Å². The molecule has 2 saturated heterocycles. The van der Waals surface area contributed by atoms with Crippen molar-refractivity contribution in [3.63, 3.8) is 0 Å². The molecule has 0 aliphatic carbocycles. The fraction of sp³-hybridized carbons (Fsp3) is 0.667. The summed E-state index contributed by atoms with van der Waals surface area (Å²) in [6, 6.07) is 10.7. The van der Waals surface area contributed by atoms with E-state index in [1.807, 2.05) is 43.9 Å². The summed E-state index contributed by atoms with van der Waals surface area (Å²) in [6.07, 6.45) is 4.00. The number of rotatable bonds is 7. The Hall–Kier alpha value is -2.28. The molecule has 7 heteroatoms. The van der Waals surface area contributed by atoms with Crippen LogP contribution in [-0.2, 0) is 9.53 Å². The average Bonchev–Trinajstić information content (AvgIpc) is 3.17. The van der Waals surface area contributed by atoms with Gasteiger partial charge >= 0.3 is 6.09 Å². The molecule has 2 aliphatic rings. The van der Waals surface area contributed by atoms with E-state index >= 15 is 0 Å². The molecule has 7 nitrogen and oxygen atoms in total. The maximum absolute atomic E-state index is 12.6. The Bertz CT molecular complexity index is 711. The van der Waals surface area contributed by atoms with Gasteiger partial charge in [-0.3, -0.25) is 4.79 Å². The lowest BCUT2D eigenvalue weighted by molar-refractivity contribution is -0.130. The van der Waals surface area contributed by atoms with Crippen LogP contribution in [0, 0.1) is 0 Å². The molecule has 1 aromatic rings. The van der Waals surface area contributed by atoms with Crippen molar-refractivity contribution in [2.24, 2.45) is 0 Å². The standard InChI is InChI=1S/C24H38N4O3/c1-24(2,3)31-23(30)26-20-11-15-27(16-12-20)14-7-10-22(29)28-17-13-21(18-28)25-19-8-5-4-6-9-19/h4-6,8-9,20-21,25H,7,10-18H2,1-3H3,(H,26,30)/t21-/m0/s1. The number of ether oxygens (including phenoxy) is 1. The fourth-order valence-electron chi connectivity index (χ4n) is 4.26. The molecule has 2 amide bonds. The number of carbonyl (C=O) groups excluding carboxylic acids is 2. The third-order valence-corrected chi connectivity index (χ3v) is 5.86. The molecule has 3 rings (SSSR count). The van der Waals surface area contributed by atoms with Gasteiger partial charge in [0.25, 0.3) is 0 Å². The third-order valence-electron chi connectivity index (χ3n) is 5.86. The van der Waals surface area contributed by atoms with Gasteiger partial charge in [-0.05, 0) is 65.1 Å². The lowest BCUT2D eigenvalue weighted by Gasteiger charge is -2.32. The van der Waals surface area contributed by atoms with Crippen molar-refractivity contribution in [2.75, 3.05) is 38.0 Å². The molecule has 1 atom stereocenters. The molecule has 0 unspecified atom stereocenters. The van der Waals surface area contributed by atoms with Gasteiger partial charge in [-0.1, -0.05) is 18.2 Å². The number of piperidine rings is 1. The zero-order valence-electron chi connectivity index (χ0n) is 19.2. The molecular formula is C24H38N4O3. The van der Waals surface area contributed by atoms with Gasteiger partial charge in [0.1, 0.15) is 5.60 Å². The molecular weight excluding hydrogens is 392 g/mol. The van der Waals surface area contributed by atoms with Crippen LogP contribution in [0.1, 0.15) is 52.9 Å². The number of alkyl carbamates (subject to hydrolysis) is 1. The van der Waals surface area contributed by atoms with Gasteiger partial charge in [0.2, 0.25) is 5.91 Å². The number of anilines is 1. The zero-order valence-corrected chi connectivity index (χ0v) is 19.2. The molecule has 0 radical (unpaired) electrons. The van der Waals surface area contributed by atoms with Gasteiger partial charge in [0, 0.05) is 50.4 Å². The van der Waals surface area contributed by atoms with Crippen LogP contribution in [0.3, 0.4) is 0 Å². The first kappa shape index (κ1) is 23.4.